The van der Waals surface area contributed by atoms with E-state index in [1.54, 1.807) is 0 Å². The number of aromatic nitrogens is 3. The Hall–Kier alpha value is -6.65. The maximum Gasteiger partial charge on any atom is 0.164 e. The molecule has 9 aromatic rings. The smallest absolute Gasteiger partial charge is 0.164 e. The molecule has 0 spiro atoms. The number of benzene rings is 7. The van der Waals surface area contributed by atoms with Crippen LogP contribution in [0.5, 0.6) is 0 Å². The zero-order chi connectivity index (χ0) is 34.8. The summed E-state index contributed by atoms with van der Waals surface area (Å²) in [6, 6.07) is 57.0. The normalized spacial score (nSPS) is 13.0. The molecule has 0 saturated heterocycles. The highest BCUT2D eigenvalue weighted by atomic mass is 16.3. The summed E-state index contributed by atoms with van der Waals surface area (Å²) < 4.78 is 6.82. The van der Waals surface area contributed by atoms with E-state index in [1.165, 1.54) is 22.3 Å². The zero-order valence-electron chi connectivity index (χ0n) is 28.8. The van der Waals surface area contributed by atoms with Gasteiger partial charge in [-0.15, -0.1) is 0 Å². The lowest BCUT2D eigenvalue weighted by Gasteiger charge is -2.21. The molecule has 0 amide bonds. The van der Waals surface area contributed by atoms with Gasteiger partial charge < -0.3 is 4.42 Å². The van der Waals surface area contributed by atoms with E-state index >= 15 is 0 Å². The Morgan fingerprint density at radius 2 is 1.00 bits per heavy atom. The maximum absolute atomic E-state index is 6.82. The van der Waals surface area contributed by atoms with Gasteiger partial charge in [-0.3, -0.25) is 0 Å². The van der Waals surface area contributed by atoms with Gasteiger partial charge in [0.15, 0.2) is 17.5 Å². The lowest BCUT2D eigenvalue weighted by Crippen LogP contribution is -2.15. The van der Waals surface area contributed by atoms with Gasteiger partial charge in [0.25, 0.3) is 0 Å². The van der Waals surface area contributed by atoms with Gasteiger partial charge >= 0.3 is 0 Å². The minimum atomic E-state index is -0.147. The quantitative estimate of drug-likeness (QED) is 0.183. The van der Waals surface area contributed by atoms with Crippen LogP contribution in [0.25, 0.3) is 89.5 Å². The fourth-order valence-corrected chi connectivity index (χ4v) is 8.01. The third kappa shape index (κ3) is 4.72. The molecule has 246 valence electrons. The highest BCUT2D eigenvalue weighted by molar-refractivity contribution is 6.17. The van der Waals surface area contributed by atoms with Crippen molar-refractivity contribution in [3.05, 3.63) is 175 Å². The molecule has 0 radical (unpaired) electrons. The van der Waals surface area contributed by atoms with Crippen molar-refractivity contribution in [2.45, 2.75) is 19.3 Å². The monoisotopic (exact) mass is 667 g/mol. The van der Waals surface area contributed by atoms with Crippen LogP contribution in [-0.4, -0.2) is 15.0 Å². The van der Waals surface area contributed by atoms with Gasteiger partial charge in [0.2, 0.25) is 0 Å². The molecule has 4 nitrogen and oxygen atoms in total. The number of nitrogens with zero attached hydrogens (tertiary/aromatic N) is 3. The first-order chi connectivity index (χ1) is 25.5. The van der Waals surface area contributed by atoms with Crippen LogP contribution < -0.4 is 0 Å². The molecule has 1 aliphatic carbocycles. The Labute approximate surface area is 302 Å². The Kier molecular flexibility index (Phi) is 6.80. The second-order valence-electron chi connectivity index (χ2n) is 14.0. The van der Waals surface area contributed by atoms with E-state index in [9.17, 15) is 0 Å². The SMILES string of the molecule is CC1(C)c2ccccc2-c2ccc(-c3nc(-c4ccccc4)nc(-c4ccc5c(oc6cccc(-c7ccccc7)c65)c4-c4ccccc4)n3)cc21. The van der Waals surface area contributed by atoms with Crippen molar-refractivity contribution < 1.29 is 4.42 Å². The molecule has 0 atom stereocenters. The van der Waals surface area contributed by atoms with Gasteiger partial charge in [-0.05, 0) is 63.2 Å². The average Bonchev–Trinajstić information content (AvgIpc) is 3.70. The van der Waals surface area contributed by atoms with Crippen LogP contribution in [0.1, 0.15) is 25.0 Å². The van der Waals surface area contributed by atoms with Crippen LogP contribution in [0.2, 0.25) is 0 Å². The summed E-state index contributed by atoms with van der Waals surface area (Å²) in [5.74, 6) is 1.85. The van der Waals surface area contributed by atoms with E-state index in [1.807, 2.05) is 30.3 Å². The molecule has 0 unspecified atom stereocenters. The molecule has 0 fully saturated rings. The highest BCUT2D eigenvalue weighted by Gasteiger charge is 2.35. The lowest BCUT2D eigenvalue weighted by atomic mass is 9.82. The van der Waals surface area contributed by atoms with Gasteiger partial charge in [-0.1, -0.05) is 153 Å². The summed E-state index contributed by atoms with van der Waals surface area (Å²) in [5, 5.41) is 2.14. The Balaban J connectivity index is 1.23. The average molecular weight is 668 g/mol. The second kappa shape index (κ2) is 11.7. The Morgan fingerprint density at radius 3 is 1.75 bits per heavy atom. The molecular weight excluding hydrogens is 635 g/mol. The third-order valence-electron chi connectivity index (χ3n) is 10.6. The van der Waals surface area contributed by atoms with Crippen LogP contribution in [0, 0.1) is 0 Å². The first kappa shape index (κ1) is 30.2. The Bertz CT molecular complexity index is 2800. The van der Waals surface area contributed by atoms with Crippen molar-refractivity contribution >= 4 is 21.9 Å². The number of hydrogen-bond donors (Lipinski definition) is 0. The van der Waals surface area contributed by atoms with E-state index in [4.69, 9.17) is 19.4 Å². The number of hydrogen-bond acceptors (Lipinski definition) is 4. The minimum Gasteiger partial charge on any atom is -0.455 e. The van der Waals surface area contributed by atoms with Crippen LogP contribution in [-0.2, 0) is 5.41 Å². The van der Waals surface area contributed by atoms with Crippen molar-refractivity contribution in [1.82, 2.24) is 15.0 Å². The molecule has 0 bridgehead atoms. The largest absolute Gasteiger partial charge is 0.455 e. The van der Waals surface area contributed by atoms with Crippen molar-refractivity contribution in [1.29, 1.82) is 0 Å². The molecule has 0 saturated carbocycles. The van der Waals surface area contributed by atoms with E-state index in [0.717, 1.165) is 60.9 Å². The van der Waals surface area contributed by atoms with E-state index in [-0.39, 0.29) is 5.41 Å². The molecule has 2 heterocycles. The predicted molar refractivity (Wildman–Crippen MR) is 212 cm³/mol. The maximum atomic E-state index is 6.82. The topological polar surface area (TPSA) is 51.8 Å². The summed E-state index contributed by atoms with van der Waals surface area (Å²) in [6.07, 6.45) is 0. The molecule has 4 heteroatoms. The fraction of sp³-hybridized carbons (Fsp3) is 0.0625. The van der Waals surface area contributed by atoms with E-state index in [0.29, 0.717) is 17.5 Å². The van der Waals surface area contributed by atoms with Crippen LogP contribution in [0.4, 0.5) is 0 Å². The minimum absolute atomic E-state index is 0.147. The molecule has 2 aromatic heterocycles. The second-order valence-corrected chi connectivity index (χ2v) is 14.0. The number of furan rings is 1. The molecule has 1 aliphatic rings. The first-order valence-electron chi connectivity index (χ1n) is 17.7. The van der Waals surface area contributed by atoms with Gasteiger partial charge in [-0.25, -0.2) is 15.0 Å². The van der Waals surface area contributed by atoms with Gasteiger partial charge in [-0.2, -0.15) is 0 Å². The summed E-state index contributed by atoms with van der Waals surface area (Å²) in [6.45, 7) is 4.60. The van der Waals surface area contributed by atoms with Gasteiger partial charge in [0.1, 0.15) is 11.2 Å². The molecule has 10 rings (SSSR count). The summed E-state index contributed by atoms with van der Waals surface area (Å²) >= 11 is 0. The fourth-order valence-electron chi connectivity index (χ4n) is 8.01. The molecular formula is C48H33N3O. The van der Waals surface area contributed by atoms with Crippen LogP contribution in [0.15, 0.2) is 168 Å². The molecule has 0 aliphatic heterocycles. The van der Waals surface area contributed by atoms with Crippen LogP contribution >= 0.6 is 0 Å². The summed E-state index contributed by atoms with van der Waals surface area (Å²) in [7, 11) is 0. The first-order valence-corrected chi connectivity index (χ1v) is 17.7. The third-order valence-corrected chi connectivity index (χ3v) is 10.6. The van der Waals surface area contributed by atoms with E-state index < -0.39 is 0 Å². The van der Waals surface area contributed by atoms with Crippen molar-refractivity contribution in [2.24, 2.45) is 0 Å². The van der Waals surface area contributed by atoms with Gasteiger partial charge in [0.05, 0.1) is 0 Å². The predicted octanol–water partition coefficient (Wildman–Crippen LogP) is 12.4. The Morgan fingerprint density at radius 1 is 0.423 bits per heavy atom. The number of fused-ring (bicyclic) bond motifs is 6. The zero-order valence-corrected chi connectivity index (χ0v) is 28.8. The highest BCUT2D eigenvalue weighted by Crippen LogP contribution is 2.50. The van der Waals surface area contributed by atoms with Crippen molar-refractivity contribution in [3.8, 4) is 67.5 Å². The number of rotatable bonds is 5. The molecule has 0 N–H and O–H groups in total. The summed E-state index contributed by atoms with van der Waals surface area (Å²) in [4.78, 5) is 15.6. The van der Waals surface area contributed by atoms with Crippen molar-refractivity contribution in [3.63, 3.8) is 0 Å². The standard InChI is InChI=1S/C48H33N3O/c1-48(2)39-23-13-12-21-35(39)36-26-25-33(29-40(36)48)46-49-45(32-19-10-5-11-20-32)50-47(51-46)38-28-27-37-43-34(30-15-6-3-7-16-30)22-14-24-41(43)52-44(37)42(38)31-17-8-4-9-18-31/h3-29H,1-2H3. The van der Waals surface area contributed by atoms with Gasteiger partial charge in [0, 0.05) is 38.4 Å². The summed E-state index contributed by atoms with van der Waals surface area (Å²) in [5.41, 5.74) is 13.7. The molecule has 7 aromatic carbocycles. The van der Waals surface area contributed by atoms with Crippen LogP contribution in [0.3, 0.4) is 0 Å². The van der Waals surface area contributed by atoms with Crippen molar-refractivity contribution in [2.75, 3.05) is 0 Å². The molecule has 52 heavy (non-hydrogen) atoms. The lowest BCUT2D eigenvalue weighted by molar-refractivity contribution is 0.660. The van der Waals surface area contributed by atoms with E-state index in [2.05, 4.69) is 147 Å².